The van der Waals surface area contributed by atoms with Crippen molar-refractivity contribution >= 4 is 16.7 Å². The van der Waals surface area contributed by atoms with Gasteiger partial charge in [0.1, 0.15) is 5.65 Å². The highest BCUT2D eigenvalue weighted by Gasteiger charge is 2.23. The van der Waals surface area contributed by atoms with Gasteiger partial charge in [-0.1, -0.05) is 45.0 Å². The third-order valence-electron chi connectivity index (χ3n) is 5.45. The SMILES string of the molecule is CCn1c(C(C)(C)C)cc(=O)c2cc(NC3Cc4ccccc4C3)cnc21. The molecule has 0 unspecified atom stereocenters. The minimum absolute atomic E-state index is 0.0467. The standard InChI is InChI=1S/C23H27N3O/c1-5-26-21(23(2,3)4)13-20(27)19-12-18(14-24-22(19)26)25-17-10-15-8-6-7-9-16(15)11-17/h6-9,12-14,17,25H,5,10-11H2,1-4H3. The maximum absolute atomic E-state index is 12.8. The van der Waals surface area contributed by atoms with Gasteiger partial charge >= 0.3 is 0 Å². The number of aryl methyl sites for hydroxylation is 1. The molecule has 1 aromatic carbocycles. The zero-order valence-corrected chi connectivity index (χ0v) is 16.5. The fraction of sp³-hybridized carbons (Fsp3) is 0.391. The van der Waals surface area contributed by atoms with Crippen LogP contribution in [-0.2, 0) is 24.8 Å². The van der Waals surface area contributed by atoms with Gasteiger partial charge in [-0.15, -0.1) is 0 Å². The molecule has 0 fully saturated rings. The number of nitrogens with one attached hydrogen (secondary N) is 1. The molecule has 0 aliphatic heterocycles. The van der Waals surface area contributed by atoms with E-state index in [0.29, 0.717) is 11.4 Å². The first-order chi connectivity index (χ1) is 12.9. The molecule has 1 aliphatic rings. The summed E-state index contributed by atoms with van der Waals surface area (Å²) < 4.78 is 2.16. The van der Waals surface area contributed by atoms with Crippen molar-refractivity contribution in [2.45, 2.75) is 58.5 Å². The number of anilines is 1. The van der Waals surface area contributed by atoms with Crippen LogP contribution in [0.25, 0.3) is 11.0 Å². The van der Waals surface area contributed by atoms with Crippen molar-refractivity contribution in [3.8, 4) is 0 Å². The summed E-state index contributed by atoms with van der Waals surface area (Å²) in [5, 5.41) is 4.26. The Hall–Kier alpha value is -2.62. The summed E-state index contributed by atoms with van der Waals surface area (Å²) in [6.07, 6.45) is 3.89. The van der Waals surface area contributed by atoms with Gasteiger partial charge < -0.3 is 9.88 Å². The molecular weight excluding hydrogens is 334 g/mol. The van der Waals surface area contributed by atoms with Crippen LogP contribution in [0.1, 0.15) is 44.5 Å². The normalized spacial score (nSPS) is 14.5. The third kappa shape index (κ3) is 3.25. The van der Waals surface area contributed by atoms with E-state index in [4.69, 9.17) is 0 Å². The first-order valence-corrected chi connectivity index (χ1v) is 9.74. The number of fused-ring (bicyclic) bond motifs is 2. The third-order valence-corrected chi connectivity index (χ3v) is 5.45. The lowest BCUT2D eigenvalue weighted by molar-refractivity contribution is 0.524. The van der Waals surface area contributed by atoms with Crippen LogP contribution in [0.2, 0.25) is 0 Å². The molecule has 4 nitrogen and oxygen atoms in total. The molecule has 1 N–H and O–H groups in total. The second-order valence-corrected chi connectivity index (χ2v) is 8.50. The van der Waals surface area contributed by atoms with Gasteiger partial charge in [0, 0.05) is 29.8 Å². The lowest BCUT2D eigenvalue weighted by Crippen LogP contribution is -2.24. The number of hydrogen-bond acceptors (Lipinski definition) is 3. The molecule has 0 radical (unpaired) electrons. The van der Waals surface area contributed by atoms with Gasteiger partial charge in [-0.2, -0.15) is 0 Å². The second-order valence-electron chi connectivity index (χ2n) is 8.50. The Labute approximate surface area is 160 Å². The van der Waals surface area contributed by atoms with E-state index in [1.165, 1.54) is 11.1 Å². The van der Waals surface area contributed by atoms with Gasteiger partial charge in [-0.3, -0.25) is 4.79 Å². The molecule has 4 rings (SSSR count). The first-order valence-electron chi connectivity index (χ1n) is 9.74. The quantitative estimate of drug-likeness (QED) is 0.757. The van der Waals surface area contributed by atoms with Crippen LogP contribution in [0, 0.1) is 0 Å². The highest BCUT2D eigenvalue weighted by Crippen LogP contribution is 2.27. The summed E-state index contributed by atoms with van der Waals surface area (Å²) in [6, 6.07) is 12.7. The molecule has 2 aromatic heterocycles. The predicted octanol–water partition coefficient (Wildman–Crippen LogP) is 4.29. The minimum Gasteiger partial charge on any atom is -0.380 e. The van der Waals surface area contributed by atoms with E-state index in [-0.39, 0.29) is 10.8 Å². The summed E-state index contributed by atoms with van der Waals surface area (Å²) in [5.74, 6) is 0. The topological polar surface area (TPSA) is 46.9 Å². The zero-order valence-electron chi connectivity index (χ0n) is 16.5. The lowest BCUT2D eigenvalue weighted by atomic mass is 9.90. The lowest BCUT2D eigenvalue weighted by Gasteiger charge is -2.25. The Bertz CT molecular complexity index is 1030. The number of benzene rings is 1. The van der Waals surface area contributed by atoms with Crippen molar-refractivity contribution in [2.24, 2.45) is 0 Å². The molecule has 3 aromatic rings. The van der Waals surface area contributed by atoms with Gasteiger partial charge in [0.15, 0.2) is 5.43 Å². The molecule has 140 valence electrons. The predicted molar refractivity (Wildman–Crippen MR) is 112 cm³/mol. The highest BCUT2D eigenvalue weighted by atomic mass is 16.1. The summed E-state index contributed by atoms with van der Waals surface area (Å²) in [4.78, 5) is 17.5. The number of hydrogen-bond donors (Lipinski definition) is 1. The minimum atomic E-state index is -0.0996. The number of nitrogens with zero attached hydrogens (tertiary/aromatic N) is 2. The Kier molecular flexibility index (Phi) is 4.29. The van der Waals surface area contributed by atoms with Crippen LogP contribution in [0.4, 0.5) is 5.69 Å². The number of pyridine rings is 2. The van der Waals surface area contributed by atoms with Crippen LogP contribution >= 0.6 is 0 Å². The molecule has 2 heterocycles. The van der Waals surface area contributed by atoms with Crippen molar-refractivity contribution in [1.82, 2.24) is 9.55 Å². The molecule has 0 bridgehead atoms. The molecule has 0 atom stereocenters. The van der Waals surface area contributed by atoms with Gasteiger partial charge in [0.2, 0.25) is 0 Å². The van der Waals surface area contributed by atoms with Crippen LogP contribution in [-0.4, -0.2) is 15.6 Å². The Morgan fingerprint density at radius 1 is 1.15 bits per heavy atom. The van der Waals surface area contributed by atoms with Crippen LogP contribution < -0.4 is 10.7 Å². The van der Waals surface area contributed by atoms with Crippen molar-refractivity contribution in [1.29, 1.82) is 0 Å². The summed E-state index contributed by atoms with van der Waals surface area (Å²) in [6.45, 7) is 9.29. The Morgan fingerprint density at radius 2 is 1.81 bits per heavy atom. The van der Waals surface area contributed by atoms with Crippen molar-refractivity contribution in [3.05, 3.63) is 69.6 Å². The Morgan fingerprint density at radius 3 is 2.41 bits per heavy atom. The van der Waals surface area contributed by atoms with Crippen LogP contribution in [0.3, 0.4) is 0 Å². The highest BCUT2D eigenvalue weighted by molar-refractivity contribution is 5.79. The molecule has 0 spiro atoms. The van der Waals surface area contributed by atoms with Gasteiger partial charge in [0.25, 0.3) is 0 Å². The van der Waals surface area contributed by atoms with Crippen molar-refractivity contribution < 1.29 is 0 Å². The van der Waals surface area contributed by atoms with Crippen LogP contribution in [0.15, 0.2) is 47.4 Å². The first kappa shape index (κ1) is 17.8. The zero-order chi connectivity index (χ0) is 19.2. The maximum atomic E-state index is 12.8. The second kappa shape index (κ2) is 6.52. The number of aromatic nitrogens is 2. The molecule has 1 aliphatic carbocycles. The summed E-state index contributed by atoms with van der Waals surface area (Å²) in [5.41, 5.74) is 5.49. The number of rotatable bonds is 3. The van der Waals surface area contributed by atoms with E-state index in [2.05, 4.69) is 66.8 Å². The molecule has 0 saturated carbocycles. The van der Waals surface area contributed by atoms with E-state index in [1.807, 2.05) is 12.3 Å². The fourth-order valence-corrected chi connectivity index (χ4v) is 4.16. The van der Waals surface area contributed by atoms with Gasteiger partial charge in [-0.05, 0) is 37.0 Å². The molecule has 0 amide bonds. The maximum Gasteiger partial charge on any atom is 0.191 e. The molecule has 0 saturated heterocycles. The van der Waals surface area contributed by atoms with Crippen LogP contribution in [0.5, 0.6) is 0 Å². The average Bonchev–Trinajstić information content (AvgIpc) is 3.03. The van der Waals surface area contributed by atoms with E-state index in [0.717, 1.165) is 36.4 Å². The molecule has 27 heavy (non-hydrogen) atoms. The van der Waals surface area contributed by atoms with E-state index in [1.54, 1.807) is 6.07 Å². The van der Waals surface area contributed by atoms with Gasteiger partial charge in [0.05, 0.1) is 17.3 Å². The summed E-state index contributed by atoms with van der Waals surface area (Å²) >= 11 is 0. The van der Waals surface area contributed by atoms with Crippen molar-refractivity contribution in [2.75, 3.05) is 5.32 Å². The monoisotopic (exact) mass is 361 g/mol. The van der Waals surface area contributed by atoms with Gasteiger partial charge in [-0.25, -0.2) is 4.98 Å². The van der Waals surface area contributed by atoms with Crippen molar-refractivity contribution in [3.63, 3.8) is 0 Å². The largest absolute Gasteiger partial charge is 0.380 e. The van der Waals surface area contributed by atoms with E-state index in [9.17, 15) is 4.79 Å². The summed E-state index contributed by atoms with van der Waals surface area (Å²) in [7, 11) is 0. The fourth-order valence-electron chi connectivity index (χ4n) is 4.16. The average molecular weight is 361 g/mol. The molecular formula is C23H27N3O. The molecule has 4 heteroatoms. The van der Waals surface area contributed by atoms with E-state index >= 15 is 0 Å². The smallest absolute Gasteiger partial charge is 0.191 e. The Balaban J connectivity index is 1.69. The van der Waals surface area contributed by atoms with E-state index < -0.39 is 0 Å².